The van der Waals surface area contributed by atoms with E-state index in [4.69, 9.17) is 0 Å². The Balaban J connectivity index is 1.60. The summed E-state index contributed by atoms with van der Waals surface area (Å²) in [5.41, 5.74) is 1.04. The summed E-state index contributed by atoms with van der Waals surface area (Å²) in [6.07, 6.45) is 0.843. The van der Waals surface area contributed by atoms with Crippen LogP contribution < -0.4 is 5.32 Å². The summed E-state index contributed by atoms with van der Waals surface area (Å²) in [5, 5.41) is 3.59. The zero-order valence-corrected chi connectivity index (χ0v) is 10.5. The van der Waals surface area contributed by atoms with E-state index in [1.165, 1.54) is 12.1 Å². The molecule has 3 nitrogen and oxygen atoms in total. The molecule has 5 heteroatoms. The molecule has 0 spiro atoms. The lowest BCUT2D eigenvalue weighted by Gasteiger charge is -2.03. The Hall–Kier alpha value is -1.36. The molecule has 1 N–H and O–H groups in total. The lowest BCUT2D eigenvalue weighted by molar-refractivity contribution is -0.120. The topological polar surface area (TPSA) is 41.5 Å². The van der Waals surface area contributed by atoms with Crippen LogP contribution in [-0.2, 0) is 4.79 Å². The largest absolute Gasteiger partial charge is 0.305 e. The molecule has 1 aromatic rings. The SMILES string of the molecule is O=C(NC1=NCCS1)C1CC1c1ccc(F)cc1. The first-order valence-electron chi connectivity index (χ1n) is 5.97. The molecule has 2 aliphatic rings. The molecule has 18 heavy (non-hydrogen) atoms. The van der Waals surface area contributed by atoms with Crippen molar-refractivity contribution in [1.29, 1.82) is 0 Å². The van der Waals surface area contributed by atoms with Crippen molar-refractivity contribution in [3.05, 3.63) is 35.6 Å². The number of amidine groups is 1. The maximum Gasteiger partial charge on any atom is 0.229 e. The fraction of sp³-hybridized carbons (Fsp3) is 0.385. The Bertz CT molecular complexity index is 500. The molecule has 1 aliphatic carbocycles. The Morgan fingerprint density at radius 3 is 2.83 bits per heavy atom. The molecular formula is C13H13FN2OS. The number of nitrogens with one attached hydrogen (secondary N) is 1. The van der Waals surface area contributed by atoms with Crippen LogP contribution in [0.15, 0.2) is 29.3 Å². The van der Waals surface area contributed by atoms with Gasteiger partial charge in [0, 0.05) is 11.7 Å². The van der Waals surface area contributed by atoms with Gasteiger partial charge in [0.1, 0.15) is 5.82 Å². The van der Waals surface area contributed by atoms with Crippen LogP contribution >= 0.6 is 11.8 Å². The van der Waals surface area contributed by atoms with Crippen molar-refractivity contribution in [1.82, 2.24) is 5.32 Å². The van der Waals surface area contributed by atoms with Crippen LogP contribution in [0.3, 0.4) is 0 Å². The number of hydrogen-bond acceptors (Lipinski definition) is 3. The minimum Gasteiger partial charge on any atom is -0.305 e. The standard InChI is InChI=1S/C13H13FN2OS/c14-9-3-1-8(2-4-9)10-7-11(10)12(17)16-13-15-5-6-18-13/h1-4,10-11H,5-7H2,(H,15,16,17). The summed E-state index contributed by atoms with van der Waals surface area (Å²) in [4.78, 5) is 16.1. The van der Waals surface area contributed by atoms with E-state index in [0.29, 0.717) is 0 Å². The summed E-state index contributed by atoms with van der Waals surface area (Å²) in [6.45, 7) is 0.784. The molecular weight excluding hydrogens is 251 g/mol. The molecule has 1 saturated carbocycles. The van der Waals surface area contributed by atoms with Crippen LogP contribution in [0.2, 0.25) is 0 Å². The first-order chi connectivity index (χ1) is 8.74. The lowest BCUT2D eigenvalue weighted by atomic mass is 10.1. The molecule has 1 fully saturated rings. The van der Waals surface area contributed by atoms with Crippen molar-refractivity contribution in [3.8, 4) is 0 Å². The number of hydrogen-bond donors (Lipinski definition) is 1. The van der Waals surface area contributed by atoms with Gasteiger partial charge in [-0.2, -0.15) is 0 Å². The Labute approximate surface area is 109 Å². The third kappa shape index (κ3) is 2.41. The third-order valence-corrected chi connectivity index (χ3v) is 4.13. The predicted molar refractivity (Wildman–Crippen MR) is 70.2 cm³/mol. The molecule has 3 rings (SSSR count). The second kappa shape index (κ2) is 4.72. The van der Waals surface area contributed by atoms with E-state index >= 15 is 0 Å². The van der Waals surface area contributed by atoms with Gasteiger partial charge in [-0.1, -0.05) is 23.9 Å². The highest BCUT2D eigenvalue weighted by molar-refractivity contribution is 8.14. The second-order valence-electron chi connectivity index (χ2n) is 4.52. The minimum atomic E-state index is -0.239. The summed E-state index contributed by atoms with van der Waals surface area (Å²) in [7, 11) is 0. The Morgan fingerprint density at radius 1 is 1.39 bits per heavy atom. The highest BCUT2D eigenvalue weighted by atomic mass is 32.2. The fourth-order valence-corrected chi connectivity index (χ4v) is 2.90. The van der Waals surface area contributed by atoms with E-state index in [2.05, 4.69) is 10.3 Å². The molecule has 1 amide bonds. The normalized spacial score (nSPS) is 25.7. The summed E-state index contributed by atoms with van der Waals surface area (Å²) in [6, 6.07) is 6.41. The van der Waals surface area contributed by atoms with Crippen molar-refractivity contribution in [3.63, 3.8) is 0 Å². The van der Waals surface area contributed by atoms with Gasteiger partial charge in [0.2, 0.25) is 5.91 Å². The molecule has 0 aromatic heterocycles. The van der Waals surface area contributed by atoms with E-state index in [-0.39, 0.29) is 23.6 Å². The van der Waals surface area contributed by atoms with Gasteiger partial charge in [0.15, 0.2) is 5.17 Å². The molecule has 0 radical (unpaired) electrons. The van der Waals surface area contributed by atoms with Gasteiger partial charge in [0.05, 0.1) is 6.54 Å². The first kappa shape index (κ1) is 11.7. The van der Waals surface area contributed by atoms with Crippen molar-refractivity contribution < 1.29 is 9.18 Å². The van der Waals surface area contributed by atoms with Gasteiger partial charge in [-0.05, 0) is 30.0 Å². The number of aliphatic imine (C=N–C) groups is 1. The third-order valence-electron chi connectivity index (χ3n) is 3.24. The number of rotatable bonds is 2. The van der Waals surface area contributed by atoms with E-state index in [0.717, 1.165) is 29.4 Å². The van der Waals surface area contributed by atoms with E-state index in [1.54, 1.807) is 23.9 Å². The maximum absolute atomic E-state index is 12.8. The summed E-state index contributed by atoms with van der Waals surface area (Å²) < 4.78 is 12.8. The highest BCUT2D eigenvalue weighted by Gasteiger charge is 2.44. The van der Waals surface area contributed by atoms with Crippen LogP contribution in [0.4, 0.5) is 4.39 Å². The number of amides is 1. The van der Waals surface area contributed by atoms with Gasteiger partial charge in [0.25, 0.3) is 0 Å². The summed E-state index contributed by atoms with van der Waals surface area (Å²) >= 11 is 1.58. The second-order valence-corrected chi connectivity index (χ2v) is 5.61. The van der Waals surface area contributed by atoms with Crippen LogP contribution in [-0.4, -0.2) is 23.4 Å². The Kier molecular flexibility index (Phi) is 3.07. The highest BCUT2D eigenvalue weighted by Crippen LogP contribution is 2.47. The summed E-state index contributed by atoms with van der Waals surface area (Å²) in [5.74, 6) is 0.994. The van der Waals surface area contributed by atoms with Crippen LogP contribution in [0.25, 0.3) is 0 Å². The quantitative estimate of drug-likeness (QED) is 0.889. The molecule has 2 atom stereocenters. The molecule has 0 saturated heterocycles. The molecule has 0 bridgehead atoms. The predicted octanol–water partition coefficient (Wildman–Crippen LogP) is 2.15. The van der Waals surface area contributed by atoms with Crippen LogP contribution in [0.1, 0.15) is 17.9 Å². The number of carbonyl (C=O) groups excluding carboxylic acids is 1. The molecule has 94 valence electrons. The monoisotopic (exact) mass is 264 g/mol. The smallest absolute Gasteiger partial charge is 0.229 e. The van der Waals surface area contributed by atoms with Crippen molar-refractivity contribution in [2.24, 2.45) is 10.9 Å². The number of nitrogens with zero attached hydrogens (tertiary/aromatic N) is 1. The van der Waals surface area contributed by atoms with Gasteiger partial charge in [-0.15, -0.1) is 0 Å². The number of halogens is 1. The van der Waals surface area contributed by atoms with E-state index in [9.17, 15) is 9.18 Å². The Morgan fingerprint density at radius 2 is 2.17 bits per heavy atom. The maximum atomic E-state index is 12.8. The zero-order chi connectivity index (χ0) is 12.5. The van der Waals surface area contributed by atoms with E-state index < -0.39 is 0 Å². The van der Waals surface area contributed by atoms with Crippen molar-refractivity contribution >= 4 is 22.8 Å². The molecule has 1 heterocycles. The number of thioether (sulfide) groups is 1. The number of carbonyl (C=O) groups is 1. The zero-order valence-electron chi connectivity index (χ0n) is 9.73. The van der Waals surface area contributed by atoms with Gasteiger partial charge in [-0.3, -0.25) is 9.79 Å². The van der Waals surface area contributed by atoms with Gasteiger partial charge in [-0.25, -0.2) is 4.39 Å². The average Bonchev–Trinajstić information content (AvgIpc) is 3.01. The fourth-order valence-electron chi connectivity index (χ4n) is 2.17. The van der Waals surface area contributed by atoms with Crippen molar-refractivity contribution in [2.75, 3.05) is 12.3 Å². The van der Waals surface area contributed by atoms with Crippen molar-refractivity contribution in [2.45, 2.75) is 12.3 Å². The van der Waals surface area contributed by atoms with Crippen LogP contribution in [0.5, 0.6) is 0 Å². The molecule has 2 unspecified atom stereocenters. The molecule has 1 aliphatic heterocycles. The lowest BCUT2D eigenvalue weighted by Crippen LogP contribution is -2.29. The van der Waals surface area contributed by atoms with Gasteiger partial charge >= 0.3 is 0 Å². The molecule has 1 aromatic carbocycles. The van der Waals surface area contributed by atoms with Crippen LogP contribution in [0, 0.1) is 11.7 Å². The van der Waals surface area contributed by atoms with E-state index in [1.807, 2.05) is 0 Å². The van der Waals surface area contributed by atoms with Gasteiger partial charge < -0.3 is 5.32 Å². The first-order valence-corrected chi connectivity index (χ1v) is 6.96. The number of benzene rings is 1. The average molecular weight is 264 g/mol. The minimum absolute atomic E-state index is 0.0133.